The molecule has 0 aliphatic heterocycles. The molecule has 0 saturated heterocycles. The van der Waals surface area contributed by atoms with Gasteiger partial charge in [-0.3, -0.25) is 10.1 Å². The molecule has 1 atom stereocenters. The summed E-state index contributed by atoms with van der Waals surface area (Å²) in [5.74, 6) is -0.367. The van der Waals surface area contributed by atoms with Crippen molar-refractivity contribution < 1.29 is 29.0 Å². The summed E-state index contributed by atoms with van der Waals surface area (Å²) in [6.07, 6.45) is 5.39. The Morgan fingerprint density at radius 3 is 2.58 bits per heavy atom. The van der Waals surface area contributed by atoms with Gasteiger partial charge >= 0.3 is 11.7 Å². The molecular weight excluding hydrogens is 462 g/mol. The largest absolute Gasteiger partial charge is 0.507 e. The van der Waals surface area contributed by atoms with E-state index in [2.05, 4.69) is 26.1 Å². The number of hydrogen-bond donors (Lipinski definition) is 3. The molecule has 194 valence electrons. The standard InChI is InChI=1S/C28H35NO7/c1-18(9-6-7-13-29-27(33)34)23-17-22(30)24(26(32)36-23)25(31)19(2)15-20-10-8-11-21(16-20)35-14-12-28(3,4)5/h7-8,10-11,13,15-18,29-30H,6,9,12,14H2,1-5H3,(H,33,34). The van der Waals surface area contributed by atoms with Crippen molar-refractivity contribution in [2.45, 2.75) is 59.8 Å². The van der Waals surface area contributed by atoms with Crippen molar-refractivity contribution in [1.82, 2.24) is 5.32 Å². The topological polar surface area (TPSA) is 126 Å². The van der Waals surface area contributed by atoms with E-state index >= 15 is 0 Å². The van der Waals surface area contributed by atoms with Crippen LogP contribution in [0.25, 0.3) is 6.08 Å². The van der Waals surface area contributed by atoms with E-state index in [1.165, 1.54) is 12.3 Å². The first-order valence-corrected chi connectivity index (χ1v) is 11.8. The highest BCUT2D eigenvalue weighted by Gasteiger charge is 2.22. The van der Waals surface area contributed by atoms with Gasteiger partial charge in [-0.05, 0) is 60.9 Å². The minimum Gasteiger partial charge on any atom is -0.507 e. The van der Waals surface area contributed by atoms with Crippen molar-refractivity contribution in [1.29, 1.82) is 0 Å². The molecule has 1 aromatic heterocycles. The average molecular weight is 498 g/mol. The van der Waals surface area contributed by atoms with Crippen molar-refractivity contribution >= 4 is 18.0 Å². The van der Waals surface area contributed by atoms with Crippen LogP contribution in [0.2, 0.25) is 0 Å². The van der Waals surface area contributed by atoms with Crippen LogP contribution in [0, 0.1) is 5.41 Å². The molecule has 1 heterocycles. The van der Waals surface area contributed by atoms with Gasteiger partial charge in [0.05, 0.1) is 6.61 Å². The molecule has 0 saturated carbocycles. The molecule has 2 rings (SSSR count). The van der Waals surface area contributed by atoms with Gasteiger partial charge < -0.3 is 19.4 Å². The Balaban J connectivity index is 2.12. The van der Waals surface area contributed by atoms with Crippen molar-refractivity contribution in [3.63, 3.8) is 0 Å². The van der Waals surface area contributed by atoms with Gasteiger partial charge in [0.25, 0.3) is 0 Å². The van der Waals surface area contributed by atoms with E-state index in [1.54, 1.807) is 26.0 Å². The summed E-state index contributed by atoms with van der Waals surface area (Å²) in [5.41, 5.74) is -0.164. The normalized spacial score (nSPS) is 13.0. The lowest BCUT2D eigenvalue weighted by Crippen LogP contribution is -2.16. The molecule has 8 heteroatoms. The SMILES string of the molecule is CC(=Cc1cccc(OCCC(C)(C)C)c1)C(=O)c1c(O)cc(C(C)CCC=CNC(=O)O)oc1=O. The second-order valence-corrected chi connectivity index (χ2v) is 9.91. The zero-order valence-corrected chi connectivity index (χ0v) is 21.5. The summed E-state index contributed by atoms with van der Waals surface area (Å²) in [7, 11) is 0. The average Bonchev–Trinajstić information content (AvgIpc) is 2.77. The van der Waals surface area contributed by atoms with Gasteiger partial charge in [0, 0.05) is 18.2 Å². The lowest BCUT2D eigenvalue weighted by molar-refractivity contribution is 0.102. The Bertz CT molecular complexity index is 1190. The third-order valence-electron chi connectivity index (χ3n) is 5.47. The first-order chi connectivity index (χ1) is 16.9. The number of carbonyl (C=O) groups excluding carboxylic acids is 1. The van der Waals surface area contributed by atoms with Crippen LogP contribution in [-0.2, 0) is 0 Å². The van der Waals surface area contributed by atoms with Crippen LogP contribution in [0.4, 0.5) is 4.79 Å². The molecule has 2 aromatic rings. The van der Waals surface area contributed by atoms with E-state index in [9.17, 15) is 19.5 Å². The number of Topliss-reactive ketones (excluding diaryl/α,β-unsaturated/α-hetero) is 1. The van der Waals surface area contributed by atoms with Gasteiger partial charge in [0.2, 0.25) is 0 Å². The molecule has 36 heavy (non-hydrogen) atoms. The maximum absolute atomic E-state index is 13.0. The molecule has 3 N–H and O–H groups in total. The third-order valence-corrected chi connectivity index (χ3v) is 5.47. The lowest BCUT2D eigenvalue weighted by Gasteiger charge is -2.18. The molecule has 1 aromatic carbocycles. The summed E-state index contributed by atoms with van der Waals surface area (Å²) < 4.78 is 11.2. The predicted octanol–water partition coefficient (Wildman–Crippen LogP) is 6.11. The third kappa shape index (κ3) is 9.09. The number of ether oxygens (including phenoxy) is 1. The van der Waals surface area contributed by atoms with Crippen LogP contribution < -0.4 is 15.7 Å². The summed E-state index contributed by atoms with van der Waals surface area (Å²) >= 11 is 0. The lowest BCUT2D eigenvalue weighted by atomic mass is 9.93. The molecule has 0 aliphatic rings. The molecule has 0 bridgehead atoms. The van der Waals surface area contributed by atoms with E-state index in [1.807, 2.05) is 24.3 Å². The fourth-order valence-corrected chi connectivity index (χ4v) is 3.33. The smallest absolute Gasteiger partial charge is 0.408 e. The highest BCUT2D eigenvalue weighted by atomic mass is 16.5. The van der Waals surface area contributed by atoms with Crippen molar-refractivity contribution in [3.8, 4) is 11.5 Å². The van der Waals surface area contributed by atoms with Crippen molar-refractivity contribution in [2.24, 2.45) is 5.41 Å². The predicted molar refractivity (Wildman–Crippen MR) is 139 cm³/mol. The summed E-state index contributed by atoms with van der Waals surface area (Å²) in [6, 6.07) is 8.59. The molecule has 1 unspecified atom stereocenters. The second-order valence-electron chi connectivity index (χ2n) is 9.91. The summed E-state index contributed by atoms with van der Waals surface area (Å²) in [6.45, 7) is 10.4. The molecule has 0 radical (unpaired) electrons. The number of carboxylic acid groups (broad SMARTS) is 1. The van der Waals surface area contributed by atoms with Gasteiger partial charge in [-0.15, -0.1) is 0 Å². The molecule has 0 fully saturated rings. The molecule has 0 spiro atoms. The number of nitrogens with one attached hydrogen (secondary N) is 1. The van der Waals surface area contributed by atoms with Crippen LogP contribution in [-0.4, -0.2) is 28.7 Å². The zero-order chi connectivity index (χ0) is 26.9. The number of allylic oxidation sites excluding steroid dienone is 2. The van der Waals surface area contributed by atoms with Crippen LogP contribution >= 0.6 is 0 Å². The van der Waals surface area contributed by atoms with Gasteiger partial charge in [0.15, 0.2) is 5.78 Å². The van der Waals surface area contributed by atoms with Crippen molar-refractivity contribution in [2.75, 3.05) is 6.61 Å². The van der Waals surface area contributed by atoms with Crippen LogP contribution in [0.5, 0.6) is 11.5 Å². The fourth-order valence-electron chi connectivity index (χ4n) is 3.33. The van der Waals surface area contributed by atoms with E-state index in [4.69, 9.17) is 14.3 Å². The molecule has 1 amide bonds. The van der Waals surface area contributed by atoms with E-state index in [-0.39, 0.29) is 22.7 Å². The zero-order valence-electron chi connectivity index (χ0n) is 21.5. The van der Waals surface area contributed by atoms with Crippen LogP contribution in [0.1, 0.15) is 81.5 Å². The van der Waals surface area contributed by atoms with E-state index in [0.717, 1.165) is 12.0 Å². The number of benzene rings is 1. The number of ketones is 1. The Hall–Kier alpha value is -3.81. The van der Waals surface area contributed by atoms with Crippen LogP contribution in [0.3, 0.4) is 0 Å². The fraction of sp³-hybridized carbons (Fsp3) is 0.393. The first-order valence-electron chi connectivity index (χ1n) is 11.8. The minimum absolute atomic E-state index is 0.160. The number of aromatic hydroxyl groups is 1. The van der Waals surface area contributed by atoms with Gasteiger partial charge in [-0.25, -0.2) is 9.59 Å². The first kappa shape index (κ1) is 28.4. The Morgan fingerprint density at radius 2 is 1.94 bits per heavy atom. The quantitative estimate of drug-likeness (QED) is 0.252. The maximum atomic E-state index is 13.0. The summed E-state index contributed by atoms with van der Waals surface area (Å²) in [5, 5.41) is 21.1. The van der Waals surface area contributed by atoms with Gasteiger partial charge in [0.1, 0.15) is 22.8 Å². The minimum atomic E-state index is -1.16. The number of rotatable bonds is 11. The Labute approximate surface area is 211 Å². The second kappa shape index (κ2) is 12.8. The highest BCUT2D eigenvalue weighted by Crippen LogP contribution is 2.27. The van der Waals surface area contributed by atoms with Gasteiger partial charge in [-0.2, -0.15) is 0 Å². The molecule has 8 nitrogen and oxygen atoms in total. The Morgan fingerprint density at radius 1 is 1.22 bits per heavy atom. The summed E-state index contributed by atoms with van der Waals surface area (Å²) in [4.78, 5) is 36.0. The van der Waals surface area contributed by atoms with E-state index in [0.29, 0.717) is 25.2 Å². The highest BCUT2D eigenvalue weighted by molar-refractivity contribution is 6.12. The molecule has 0 aliphatic carbocycles. The maximum Gasteiger partial charge on any atom is 0.408 e. The number of amides is 1. The van der Waals surface area contributed by atoms with Crippen molar-refractivity contribution in [3.05, 3.63) is 75.5 Å². The number of hydrogen-bond acceptors (Lipinski definition) is 6. The number of carbonyl (C=O) groups is 2. The van der Waals surface area contributed by atoms with Crippen LogP contribution in [0.15, 0.2) is 57.4 Å². The van der Waals surface area contributed by atoms with E-state index < -0.39 is 28.8 Å². The monoisotopic (exact) mass is 497 g/mol. The molecular formula is C28H35NO7. The van der Waals surface area contributed by atoms with Gasteiger partial charge in [-0.1, -0.05) is 45.9 Å². The Kier molecular flexibility index (Phi) is 10.1.